The Labute approximate surface area is 178 Å². The number of nitrogens with zero attached hydrogens (tertiary/aromatic N) is 3. The Hall–Kier alpha value is -3.13. The van der Waals surface area contributed by atoms with Crippen LogP contribution in [0.2, 0.25) is 0 Å². The maximum Gasteiger partial charge on any atom is 0.231 e. The molecule has 1 amide bonds. The summed E-state index contributed by atoms with van der Waals surface area (Å²) in [5.74, 6) is 0.576. The van der Waals surface area contributed by atoms with E-state index in [-0.39, 0.29) is 16.9 Å². The van der Waals surface area contributed by atoms with E-state index in [4.69, 9.17) is 0 Å². The highest BCUT2D eigenvalue weighted by atomic mass is 32.2. The lowest BCUT2D eigenvalue weighted by atomic mass is 9.95. The van der Waals surface area contributed by atoms with Crippen molar-refractivity contribution in [3.8, 4) is 0 Å². The second kappa shape index (κ2) is 7.60. The van der Waals surface area contributed by atoms with Crippen LogP contribution in [0.3, 0.4) is 0 Å². The topological polar surface area (TPSA) is 92.2 Å². The van der Waals surface area contributed by atoms with Crippen LogP contribution in [0, 0.1) is 5.41 Å². The molecule has 0 spiro atoms. The monoisotopic (exact) mass is 421 g/mol. The number of amides is 1. The molecule has 8 heteroatoms. The van der Waals surface area contributed by atoms with Crippen molar-refractivity contribution in [3.63, 3.8) is 0 Å². The molecule has 0 aliphatic rings. The molecule has 1 atom stereocenters. The number of carbonyl (C=O) groups excluding carboxylic acids is 2. The van der Waals surface area contributed by atoms with Gasteiger partial charge in [0.2, 0.25) is 11.7 Å². The molecule has 4 aromatic rings. The SMILES string of the molecule is CC(Sc1n[nH]c2nc3ccccc3n12)C(=O)c1ccc(NC(=O)C(C)(C)C)cc1. The summed E-state index contributed by atoms with van der Waals surface area (Å²) in [6.45, 7) is 7.43. The molecule has 0 aliphatic heterocycles. The fourth-order valence-corrected chi connectivity index (χ4v) is 3.95. The van der Waals surface area contributed by atoms with Gasteiger partial charge < -0.3 is 5.32 Å². The molecule has 2 heterocycles. The lowest BCUT2D eigenvalue weighted by Gasteiger charge is -2.17. The molecule has 2 aromatic carbocycles. The van der Waals surface area contributed by atoms with Crippen LogP contribution >= 0.6 is 11.8 Å². The van der Waals surface area contributed by atoms with Crippen LogP contribution in [0.4, 0.5) is 5.69 Å². The number of fused-ring (bicyclic) bond motifs is 3. The quantitative estimate of drug-likeness (QED) is 0.364. The third-order valence-corrected chi connectivity index (χ3v) is 5.82. The number of hydrogen-bond acceptors (Lipinski definition) is 5. The predicted molar refractivity (Wildman–Crippen MR) is 119 cm³/mol. The number of carbonyl (C=O) groups is 2. The number of H-pyrrole nitrogens is 1. The van der Waals surface area contributed by atoms with Gasteiger partial charge in [0.1, 0.15) is 0 Å². The van der Waals surface area contributed by atoms with Gasteiger partial charge in [-0.2, -0.15) is 0 Å². The maximum absolute atomic E-state index is 12.9. The first-order valence-electron chi connectivity index (χ1n) is 9.68. The van der Waals surface area contributed by atoms with Gasteiger partial charge in [0.05, 0.1) is 16.3 Å². The molecular weight excluding hydrogens is 398 g/mol. The highest BCUT2D eigenvalue weighted by Gasteiger charge is 2.23. The molecule has 2 N–H and O–H groups in total. The number of aromatic amines is 1. The largest absolute Gasteiger partial charge is 0.326 e. The van der Waals surface area contributed by atoms with Gasteiger partial charge in [0.25, 0.3) is 0 Å². The summed E-state index contributed by atoms with van der Waals surface area (Å²) < 4.78 is 1.93. The zero-order valence-electron chi connectivity index (χ0n) is 17.3. The van der Waals surface area contributed by atoms with Crippen LogP contribution in [0.1, 0.15) is 38.1 Å². The van der Waals surface area contributed by atoms with Crippen LogP contribution in [0.5, 0.6) is 0 Å². The van der Waals surface area contributed by atoms with Crippen molar-refractivity contribution in [1.29, 1.82) is 0 Å². The Balaban J connectivity index is 1.50. The molecule has 7 nitrogen and oxygen atoms in total. The molecule has 1 unspecified atom stereocenters. The van der Waals surface area contributed by atoms with E-state index in [2.05, 4.69) is 20.5 Å². The first-order valence-corrected chi connectivity index (χ1v) is 10.6. The number of rotatable bonds is 5. The van der Waals surface area contributed by atoms with Crippen LogP contribution < -0.4 is 5.32 Å². The van der Waals surface area contributed by atoms with Crippen LogP contribution in [-0.2, 0) is 4.79 Å². The van der Waals surface area contributed by atoms with Gasteiger partial charge in [0, 0.05) is 16.7 Å². The second-order valence-corrected chi connectivity index (χ2v) is 9.48. The number of ketones is 1. The van der Waals surface area contributed by atoms with Gasteiger partial charge in [-0.15, -0.1) is 5.10 Å². The average molecular weight is 422 g/mol. The average Bonchev–Trinajstić information content (AvgIpc) is 3.27. The van der Waals surface area contributed by atoms with E-state index in [0.29, 0.717) is 22.2 Å². The zero-order chi connectivity index (χ0) is 21.5. The number of hydrogen-bond donors (Lipinski definition) is 2. The summed E-state index contributed by atoms with van der Waals surface area (Å²) in [5.41, 5.74) is 2.60. The third kappa shape index (κ3) is 3.82. The van der Waals surface area contributed by atoms with Crippen LogP contribution in [-0.4, -0.2) is 36.5 Å². The predicted octanol–water partition coefficient (Wildman–Crippen LogP) is 4.56. The molecule has 2 aromatic heterocycles. The fraction of sp³-hybridized carbons (Fsp3) is 0.273. The Kier molecular flexibility index (Phi) is 5.11. The maximum atomic E-state index is 12.9. The van der Waals surface area contributed by atoms with Crippen molar-refractivity contribution in [2.24, 2.45) is 5.41 Å². The Morgan fingerprint density at radius 1 is 1.10 bits per heavy atom. The molecule has 0 radical (unpaired) electrons. The van der Waals surface area contributed by atoms with Gasteiger partial charge in [-0.25, -0.2) is 10.1 Å². The number of thioether (sulfide) groups is 1. The normalized spacial score (nSPS) is 12.9. The number of aromatic nitrogens is 4. The van der Waals surface area contributed by atoms with Gasteiger partial charge in [0.15, 0.2) is 10.9 Å². The smallest absolute Gasteiger partial charge is 0.231 e. The highest BCUT2D eigenvalue weighted by molar-refractivity contribution is 8.00. The van der Waals surface area contributed by atoms with Crippen molar-refractivity contribution in [1.82, 2.24) is 19.6 Å². The van der Waals surface area contributed by atoms with Gasteiger partial charge in [-0.3, -0.25) is 14.0 Å². The van der Waals surface area contributed by atoms with Gasteiger partial charge in [-0.1, -0.05) is 44.7 Å². The Bertz CT molecular complexity index is 1230. The summed E-state index contributed by atoms with van der Waals surface area (Å²) in [6.07, 6.45) is 0. The summed E-state index contributed by atoms with van der Waals surface area (Å²) in [6, 6.07) is 14.8. The van der Waals surface area contributed by atoms with Crippen molar-refractivity contribution in [2.75, 3.05) is 5.32 Å². The molecule has 0 aliphatic carbocycles. The molecule has 0 bridgehead atoms. The van der Waals surface area contributed by atoms with Gasteiger partial charge in [-0.05, 0) is 43.3 Å². The summed E-state index contributed by atoms with van der Waals surface area (Å²) in [7, 11) is 0. The summed E-state index contributed by atoms with van der Waals surface area (Å²) in [4.78, 5) is 29.6. The van der Waals surface area contributed by atoms with Gasteiger partial charge >= 0.3 is 0 Å². The van der Waals surface area contributed by atoms with E-state index in [1.165, 1.54) is 11.8 Å². The minimum Gasteiger partial charge on any atom is -0.326 e. The van der Waals surface area contributed by atoms with E-state index in [0.717, 1.165) is 11.0 Å². The second-order valence-electron chi connectivity index (χ2n) is 8.17. The molecule has 154 valence electrons. The zero-order valence-corrected chi connectivity index (χ0v) is 18.1. The lowest BCUT2D eigenvalue weighted by molar-refractivity contribution is -0.123. The first-order chi connectivity index (χ1) is 14.2. The number of imidazole rings is 1. The van der Waals surface area contributed by atoms with Crippen molar-refractivity contribution < 1.29 is 9.59 Å². The van der Waals surface area contributed by atoms with E-state index in [1.54, 1.807) is 24.3 Å². The third-order valence-electron chi connectivity index (χ3n) is 4.76. The number of anilines is 1. The lowest BCUT2D eigenvalue weighted by Crippen LogP contribution is -2.27. The number of Topliss-reactive ketones (excluding diaryl/α,β-unsaturated/α-hetero) is 1. The van der Waals surface area contributed by atoms with Crippen molar-refractivity contribution >= 4 is 46.0 Å². The molecular formula is C22H23N5O2S. The van der Waals surface area contributed by atoms with Crippen LogP contribution in [0.25, 0.3) is 16.8 Å². The molecule has 4 rings (SSSR count). The van der Waals surface area contributed by atoms with Crippen LogP contribution in [0.15, 0.2) is 53.7 Å². The summed E-state index contributed by atoms with van der Waals surface area (Å²) >= 11 is 1.38. The molecule has 0 fully saturated rings. The molecule has 0 saturated heterocycles. The minimum absolute atomic E-state index is 0.00531. The number of para-hydroxylation sites is 2. The van der Waals surface area contributed by atoms with E-state index >= 15 is 0 Å². The Morgan fingerprint density at radius 2 is 1.80 bits per heavy atom. The highest BCUT2D eigenvalue weighted by Crippen LogP contribution is 2.28. The summed E-state index contributed by atoms with van der Waals surface area (Å²) in [5, 5.41) is 10.5. The Morgan fingerprint density at radius 3 is 2.50 bits per heavy atom. The fourth-order valence-electron chi connectivity index (χ4n) is 3.00. The van der Waals surface area contributed by atoms with Crippen molar-refractivity contribution in [3.05, 3.63) is 54.1 Å². The minimum atomic E-state index is -0.480. The number of benzene rings is 2. The molecule has 0 saturated carbocycles. The number of nitrogens with one attached hydrogen (secondary N) is 2. The van der Waals surface area contributed by atoms with E-state index in [9.17, 15) is 9.59 Å². The molecule has 30 heavy (non-hydrogen) atoms. The first kappa shape index (κ1) is 20.2. The van der Waals surface area contributed by atoms with Crippen molar-refractivity contribution in [2.45, 2.75) is 38.1 Å². The standard InChI is InChI=1S/C22H23N5O2S/c1-13(18(28)14-9-11-15(12-10-14)23-19(29)22(2,3)4)30-21-26-25-20-24-16-7-5-6-8-17(16)27(20)21/h5-13H,1-4H3,(H,23,29)(H,24,25). The van der Waals surface area contributed by atoms with E-state index in [1.807, 2.05) is 56.4 Å². The van der Waals surface area contributed by atoms with E-state index < -0.39 is 5.41 Å².